The van der Waals surface area contributed by atoms with Crippen LogP contribution in [0.2, 0.25) is 0 Å². The standard InChI is InChI=1S/C12H23NO3/c1-9(2)10(7-16-4)13-6-5-12(3,8-13)11(14)15/h9-10H,5-8H2,1-4H3,(H,14,15). The first-order valence-electron chi connectivity index (χ1n) is 5.87. The van der Waals surface area contributed by atoms with Gasteiger partial charge >= 0.3 is 5.97 Å². The second-order valence-electron chi connectivity index (χ2n) is 5.35. The van der Waals surface area contributed by atoms with Crippen molar-refractivity contribution in [2.45, 2.75) is 33.2 Å². The third-order valence-corrected chi connectivity index (χ3v) is 3.60. The molecule has 0 bridgehead atoms. The number of carboxylic acids is 1. The van der Waals surface area contributed by atoms with E-state index in [0.29, 0.717) is 25.1 Å². The van der Waals surface area contributed by atoms with E-state index < -0.39 is 11.4 Å². The third kappa shape index (κ3) is 2.74. The molecule has 1 heterocycles. The van der Waals surface area contributed by atoms with Crippen molar-refractivity contribution in [1.29, 1.82) is 0 Å². The molecule has 0 aromatic heterocycles. The van der Waals surface area contributed by atoms with E-state index in [1.807, 2.05) is 6.92 Å². The summed E-state index contributed by atoms with van der Waals surface area (Å²) in [5.74, 6) is -0.203. The molecule has 0 aromatic rings. The van der Waals surface area contributed by atoms with E-state index in [1.165, 1.54) is 0 Å². The van der Waals surface area contributed by atoms with Crippen LogP contribution in [0.5, 0.6) is 0 Å². The van der Waals surface area contributed by atoms with Gasteiger partial charge in [0.2, 0.25) is 0 Å². The summed E-state index contributed by atoms with van der Waals surface area (Å²) in [6.07, 6.45) is 0.731. The minimum Gasteiger partial charge on any atom is -0.481 e. The van der Waals surface area contributed by atoms with Crippen LogP contribution in [0.3, 0.4) is 0 Å². The number of hydrogen-bond acceptors (Lipinski definition) is 3. The number of methoxy groups -OCH3 is 1. The molecule has 94 valence electrons. The average molecular weight is 229 g/mol. The van der Waals surface area contributed by atoms with Crippen molar-refractivity contribution in [2.75, 3.05) is 26.8 Å². The van der Waals surface area contributed by atoms with Crippen molar-refractivity contribution in [3.63, 3.8) is 0 Å². The number of likely N-dealkylation sites (tertiary alicyclic amines) is 1. The number of carbonyl (C=O) groups is 1. The molecule has 1 aliphatic rings. The highest BCUT2D eigenvalue weighted by Crippen LogP contribution is 2.32. The molecular formula is C12H23NO3. The van der Waals surface area contributed by atoms with Crippen LogP contribution in [-0.2, 0) is 9.53 Å². The SMILES string of the molecule is COCC(C(C)C)N1CCC(C)(C(=O)O)C1. The number of hydrogen-bond donors (Lipinski definition) is 1. The number of rotatable bonds is 5. The molecule has 0 radical (unpaired) electrons. The van der Waals surface area contributed by atoms with Crippen LogP contribution >= 0.6 is 0 Å². The molecule has 1 fully saturated rings. The van der Waals surface area contributed by atoms with E-state index >= 15 is 0 Å². The molecule has 0 saturated carbocycles. The van der Waals surface area contributed by atoms with Crippen LogP contribution in [-0.4, -0.2) is 48.8 Å². The zero-order chi connectivity index (χ0) is 12.3. The minimum absolute atomic E-state index is 0.325. The number of aliphatic carboxylic acids is 1. The summed E-state index contributed by atoms with van der Waals surface area (Å²) in [5.41, 5.74) is -0.582. The van der Waals surface area contributed by atoms with Crippen LogP contribution in [0.15, 0.2) is 0 Å². The van der Waals surface area contributed by atoms with Crippen LogP contribution in [0.1, 0.15) is 27.2 Å². The highest BCUT2D eigenvalue weighted by atomic mass is 16.5. The monoisotopic (exact) mass is 229 g/mol. The van der Waals surface area contributed by atoms with Crippen molar-refractivity contribution in [3.05, 3.63) is 0 Å². The first kappa shape index (κ1) is 13.5. The Morgan fingerprint density at radius 2 is 2.19 bits per heavy atom. The Balaban J connectivity index is 2.66. The molecule has 2 unspecified atom stereocenters. The number of carboxylic acid groups (broad SMARTS) is 1. The first-order chi connectivity index (χ1) is 7.40. The maximum atomic E-state index is 11.2. The highest BCUT2D eigenvalue weighted by molar-refractivity contribution is 5.74. The second-order valence-corrected chi connectivity index (χ2v) is 5.35. The van der Waals surface area contributed by atoms with Crippen LogP contribution in [0.25, 0.3) is 0 Å². The number of ether oxygens (including phenoxy) is 1. The molecule has 1 rings (SSSR count). The Bertz CT molecular complexity index is 255. The summed E-state index contributed by atoms with van der Waals surface area (Å²) in [7, 11) is 1.70. The predicted octanol–water partition coefficient (Wildman–Crippen LogP) is 1.45. The predicted molar refractivity (Wildman–Crippen MR) is 62.4 cm³/mol. The molecule has 0 aliphatic carbocycles. The van der Waals surface area contributed by atoms with Gasteiger partial charge < -0.3 is 9.84 Å². The second kappa shape index (κ2) is 5.15. The molecule has 2 atom stereocenters. The van der Waals surface area contributed by atoms with Gasteiger partial charge in [-0.3, -0.25) is 9.69 Å². The van der Waals surface area contributed by atoms with Crippen molar-refractivity contribution in [3.8, 4) is 0 Å². The summed E-state index contributed by atoms with van der Waals surface area (Å²) in [6, 6.07) is 0.325. The number of nitrogens with zero attached hydrogens (tertiary/aromatic N) is 1. The lowest BCUT2D eigenvalue weighted by Gasteiger charge is -2.31. The van der Waals surface area contributed by atoms with Crippen molar-refractivity contribution >= 4 is 5.97 Å². The van der Waals surface area contributed by atoms with E-state index in [1.54, 1.807) is 7.11 Å². The Morgan fingerprint density at radius 3 is 2.56 bits per heavy atom. The van der Waals surface area contributed by atoms with E-state index in [2.05, 4.69) is 18.7 Å². The molecule has 0 spiro atoms. The van der Waals surface area contributed by atoms with Gasteiger partial charge in [-0.25, -0.2) is 0 Å². The van der Waals surface area contributed by atoms with Crippen molar-refractivity contribution in [2.24, 2.45) is 11.3 Å². The van der Waals surface area contributed by atoms with Gasteiger partial charge in [-0.1, -0.05) is 13.8 Å². The fourth-order valence-electron chi connectivity index (χ4n) is 2.34. The zero-order valence-electron chi connectivity index (χ0n) is 10.7. The molecule has 0 aromatic carbocycles. The first-order valence-corrected chi connectivity index (χ1v) is 5.87. The molecule has 1 N–H and O–H groups in total. The minimum atomic E-state index is -0.685. The molecular weight excluding hydrogens is 206 g/mol. The molecule has 4 nitrogen and oxygen atoms in total. The quantitative estimate of drug-likeness (QED) is 0.775. The normalized spacial score (nSPS) is 28.6. The Hall–Kier alpha value is -0.610. The summed E-state index contributed by atoms with van der Waals surface area (Å²) in [6.45, 7) is 8.30. The largest absolute Gasteiger partial charge is 0.481 e. The molecule has 16 heavy (non-hydrogen) atoms. The molecule has 1 saturated heterocycles. The van der Waals surface area contributed by atoms with Crippen molar-refractivity contribution in [1.82, 2.24) is 4.90 Å². The Morgan fingerprint density at radius 1 is 1.56 bits per heavy atom. The Labute approximate surface area is 97.6 Å². The summed E-state index contributed by atoms with van der Waals surface area (Å²) < 4.78 is 5.22. The van der Waals surface area contributed by atoms with Crippen LogP contribution < -0.4 is 0 Å². The molecule has 0 amide bonds. The highest BCUT2D eigenvalue weighted by Gasteiger charge is 2.42. The molecule has 1 aliphatic heterocycles. The lowest BCUT2D eigenvalue weighted by molar-refractivity contribution is -0.147. The van der Waals surface area contributed by atoms with Crippen LogP contribution in [0, 0.1) is 11.3 Å². The third-order valence-electron chi connectivity index (χ3n) is 3.60. The Kier molecular flexibility index (Phi) is 4.33. The van der Waals surface area contributed by atoms with Crippen LogP contribution in [0.4, 0.5) is 0 Å². The smallest absolute Gasteiger partial charge is 0.310 e. The fraction of sp³-hybridized carbons (Fsp3) is 0.917. The summed E-state index contributed by atoms with van der Waals surface area (Å²) in [5, 5.41) is 9.18. The average Bonchev–Trinajstić information content (AvgIpc) is 2.58. The topological polar surface area (TPSA) is 49.8 Å². The zero-order valence-corrected chi connectivity index (χ0v) is 10.7. The van der Waals surface area contributed by atoms with E-state index in [-0.39, 0.29) is 0 Å². The van der Waals surface area contributed by atoms with Gasteiger partial charge in [0.25, 0.3) is 0 Å². The maximum absolute atomic E-state index is 11.2. The van der Waals surface area contributed by atoms with Gasteiger partial charge in [0.05, 0.1) is 12.0 Å². The molecule has 4 heteroatoms. The summed E-state index contributed by atoms with van der Waals surface area (Å²) >= 11 is 0. The van der Waals surface area contributed by atoms with E-state index in [9.17, 15) is 9.90 Å². The van der Waals surface area contributed by atoms with Gasteiger partial charge in [0, 0.05) is 19.7 Å². The van der Waals surface area contributed by atoms with Gasteiger partial charge in [0.1, 0.15) is 0 Å². The lowest BCUT2D eigenvalue weighted by Crippen LogP contribution is -2.42. The van der Waals surface area contributed by atoms with Gasteiger partial charge in [-0.2, -0.15) is 0 Å². The lowest BCUT2D eigenvalue weighted by atomic mass is 9.90. The fourth-order valence-corrected chi connectivity index (χ4v) is 2.34. The van der Waals surface area contributed by atoms with Gasteiger partial charge in [-0.15, -0.1) is 0 Å². The van der Waals surface area contributed by atoms with Gasteiger partial charge in [0.15, 0.2) is 0 Å². The maximum Gasteiger partial charge on any atom is 0.310 e. The summed E-state index contributed by atoms with van der Waals surface area (Å²) in [4.78, 5) is 13.4. The van der Waals surface area contributed by atoms with E-state index in [4.69, 9.17) is 4.74 Å². The van der Waals surface area contributed by atoms with E-state index in [0.717, 1.165) is 13.0 Å². The van der Waals surface area contributed by atoms with Gasteiger partial charge in [-0.05, 0) is 25.8 Å². The van der Waals surface area contributed by atoms with Crippen molar-refractivity contribution < 1.29 is 14.6 Å².